The molecule has 4 fully saturated rings. The van der Waals surface area contributed by atoms with Crippen molar-refractivity contribution in [1.29, 1.82) is 0 Å². The van der Waals surface area contributed by atoms with Crippen molar-refractivity contribution >= 4 is 59.1 Å². The number of nitrogens with two attached hydrogens (primary N) is 2. The smallest absolute Gasteiger partial charge is 0.327 e. The fourth-order valence-electron chi connectivity index (χ4n) is 8.28. The molecule has 4 aliphatic heterocycles. The lowest BCUT2D eigenvalue weighted by Gasteiger charge is -2.43. The number of amides is 4. The van der Waals surface area contributed by atoms with Gasteiger partial charge in [-0.05, 0) is 74.2 Å². The number of benzene rings is 4. The number of fused-ring (bicyclic) bond motifs is 2. The summed E-state index contributed by atoms with van der Waals surface area (Å²) in [5.74, 6) is -3.88. The van der Waals surface area contributed by atoms with Crippen LogP contribution in [0.4, 0.5) is 0 Å². The fraction of sp³-hybridized carbons (Fsp3) is 0.375. The first-order valence-electron chi connectivity index (χ1n) is 21.9. The highest BCUT2D eigenvalue weighted by Crippen LogP contribution is 2.52. The molecular weight excluding hydrogens is 913 g/mol. The average molecular weight is 971 g/mol. The van der Waals surface area contributed by atoms with Gasteiger partial charge in [0.2, 0.25) is 23.6 Å². The third-order valence-electron chi connectivity index (χ3n) is 11.8. The molecule has 12 N–H and O–H groups in total. The molecule has 68 heavy (non-hydrogen) atoms. The first-order chi connectivity index (χ1) is 32.2. The maximum absolute atomic E-state index is 12.3. The molecule has 4 heterocycles. The van der Waals surface area contributed by atoms with Gasteiger partial charge in [-0.1, -0.05) is 84.9 Å². The van der Waals surface area contributed by atoms with Crippen LogP contribution in [0.15, 0.2) is 109 Å². The second-order valence-electron chi connectivity index (χ2n) is 17.6. The Labute approximate surface area is 402 Å². The average Bonchev–Trinajstić information content (AvgIpc) is 3.73. The van der Waals surface area contributed by atoms with Crippen molar-refractivity contribution in [1.82, 2.24) is 31.1 Å². The summed E-state index contributed by atoms with van der Waals surface area (Å²) in [4.78, 5) is 74.9. The zero-order valence-electron chi connectivity index (χ0n) is 37.9. The molecule has 8 atom stereocenters. The van der Waals surface area contributed by atoms with Crippen molar-refractivity contribution in [2.75, 3.05) is 13.1 Å². The number of carboxylic acid groups (broad SMARTS) is 2. The number of nitrogens with one attached hydrogen (secondary N) is 4. The maximum Gasteiger partial charge on any atom is 0.327 e. The highest BCUT2D eigenvalue weighted by atomic mass is 32.2. The summed E-state index contributed by atoms with van der Waals surface area (Å²) in [5, 5.41) is 48.6. The second kappa shape index (κ2) is 21.9. The van der Waals surface area contributed by atoms with E-state index in [0.29, 0.717) is 11.1 Å². The first-order valence-corrected chi connectivity index (χ1v) is 23.6. The molecule has 4 saturated heterocycles. The van der Waals surface area contributed by atoms with Crippen molar-refractivity contribution in [2.45, 2.75) is 97.3 Å². The summed E-state index contributed by atoms with van der Waals surface area (Å²) in [6.07, 6.45) is 0. The van der Waals surface area contributed by atoms with Crippen molar-refractivity contribution in [3.63, 3.8) is 0 Å². The number of carbonyl (C=O) groups excluding carboxylic acids is 4. The van der Waals surface area contributed by atoms with Gasteiger partial charge in [-0.25, -0.2) is 9.59 Å². The number of phenols is 2. The number of β-lactam (4-membered cyclic amide) rings is 2. The Balaban J connectivity index is 0.000000171. The molecule has 2 unspecified atom stereocenters. The normalized spacial score (nSPS) is 23.4. The lowest BCUT2D eigenvalue weighted by Crippen LogP contribution is -2.71. The van der Waals surface area contributed by atoms with E-state index in [4.69, 9.17) is 11.5 Å². The molecule has 4 aliphatic rings. The SMILES string of the molecule is CC1(C)S[C@@H]2[C@H](NC(=O)C(N)c3ccc(O)cc3)C(=O)N2[C@H]1C(=O)O.CC1(C)S[C@@H]2[C@H](NC(=O)C(N)c3ccc(O)cc3)C(=O)N2[C@H]1C(=O)O.c1ccc(CNCCNCc2ccccc2)cc1. The second-order valence-corrected chi connectivity index (χ2v) is 21.2. The van der Waals surface area contributed by atoms with Crippen LogP contribution < -0.4 is 32.7 Å². The lowest BCUT2D eigenvalue weighted by atomic mass is 9.95. The van der Waals surface area contributed by atoms with E-state index >= 15 is 0 Å². The molecule has 0 saturated carbocycles. The number of carboxylic acids is 2. The third kappa shape index (κ3) is 11.7. The number of nitrogens with zero attached hydrogens (tertiary/aromatic N) is 2. The number of aliphatic carboxylic acids is 2. The molecule has 18 nitrogen and oxygen atoms in total. The van der Waals surface area contributed by atoms with Crippen molar-refractivity contribution in [3.8, 4) is 11.5 Å². The van der Waals surface area contributed by atoms with E-state index in [0.717, 1.165) is 26.2 Å². The summed E-state index contributed by atoms with van der Waals surface area (Å²) >= 11 is 2.71. The van der Waals surface area contributed by atoms with Gasteiger partial charge in [0.05, 0.1) is 0 Å². The Morgan fingerprint density at radius 1 is 0.574 bits per heavy atom. The van der Waals surface area contributed by atoms with Crippen LogP contribution in [-0.4, -0.2) is 123 Å². The predicted molar refractivity (Wildman–Crippen MR) is 258 cm³/mol. The summed E-state index contributed by atoms with van der Waals surface area (Å²) in [5.41, 5.74) is 15.5. The van der Waals surface area contributed by atoms with E-state index in [1.54, 1.807) is 27.7 Å². The Bertz CT molecular complexity index is 2260. The van der Waals surface area contributed by atoms with Gasteiger partial charge in [-0.2, -0.15) is 0 Å². The van der Waals surface area contributed by atoms with Gasteiger partial charge in [0.15, 0.2) is 0 Å². The van der Waals surface area contributed by atoms with E-state index in [9.17, 15) is 49.2 Å². The Morgan fingerprint density at radius 3 is 1.21 bits per heavy atom. The van der Waals surface area contributed by atoms with Crippen LogP contribution in [0.2, 0.25) is 0 Å². The van der Waals surface area contributed by atoms with E-state index in [-0.39, 0.29) is 11.5 Å². The topological polar surface area (TPSA) is 290 Å². The van der Waals surface area contributed by atoms with Gasteiger partial charge in [0.25, 0.3) is 0 Å². The molecule has 0 radical (unpaired) electrons. The number of thioether (sulfide) groups is 2. The van der Waals surface area contributed by atoms with Crippen LogP contribution in [0.5, 0.6) is 11.5 Å². The van der Waals surface area contributed by atoms with Crippen molar-refractivity contribution in [2.24, 2.45) is 11.5 Å². The van der Waals surface area contributed by atoms with Crippen LogP contribution in [0.25, 0.3) is 0 Å². The lowest BCUT2D eigenvalue weighted by molar-refractivity contribution is -0.161. The molecule has 4 aromatic rings. The van der Waals surface area contributed by atoms with Gasteiger partial charge in [-0.3, -0.25) is 19.2 Å². The van der Waals surface area contributed by atoms with Gasteiger partial charge in [-0.15, -0.1) is 23.5 Å². The van der Waals surface area contributed by atoms with E-state index in [1.807, 2.05) is 12.1 Å². The van der Waals surface area contributed by atoms with E-state index < -0.39 is 92.1 Å². The van der Waals surface area contributed by atoms with E-state index in [1.165, 1.54) is 93.0 Å². The third-order valence-corrected chi connectivity index (χ3v) is 15.0. The molecule has 4 amide bonds. The van der Waals surface area contributed by atoms with Gasteiger partial charge >= 0.3 is 11.9 Å². The quantitative estimate of drug-likeness (QED) is 0.0605. The minimum atomic E-state index is -1.06. The van der Waals surface area contributed by atoms with Gasteiger partial charge < -0.3 is 63.0 Å². The minimum Gasteiger partial charge on any atom is -0.508 e. The van der Waals surface area contributed by atoms with Crippen LogP contribution in [0.3, 0.4) is 0 Å². The first kappa shape index (κ1) is 51.2. The molecule has 4 aromatic carbocycles. The summed E-state index contributed by atoms with van der Waals surface area (Å²) in [6.45, 7) is 10.9. The zero-order chi connectivity index (χ0) is 49.5. The number of hydrogen-bond acceptors (Lipinski definition) is 14. The number of phenolic OH excluding ortho intramolecular Hbond substituents is 2. The molecule has 362 valence electrons. The number of hydrogen-bond donors (Lipinski definition) is 10. The van der Waals surface area contributed by atoms with Crippen molar-refractivity contribution in [3.05, 3.63) is 131 Å². The summed E-state index contributed by atoms with van der Waals surface area (Å²) in [7, 11) is 0. The number of aromatic hydroxyl groups is 2. The fourth-order valence-corrected chi connectivity index (χ4v) is 11.5. The van der Waals surface area contributed by atoms with E-state index in [2.05, 4.69) is 69.8 Å². The number of rotatable bonds is 15. The van der Waals surface area contributed by atoms with Gasteiger partial charge in [0.1, 0.15) is 58.5 Å². The van der Waals surface area contributed by atoms with Crippen LogP contribution >= 0.6 is 23.5 Å². The molecule has 8 rings (SSSR count). The Hall–Kier alpha value is -6.16. The Morgan fingerprint density at radius 2 is 0.897 bits per heavy atom. The standard InChI is InChI=1S/2C16H19N3O5S.C16H20N2/c2*1-16(2)11(15(23)24)19-13(22)10(14(19)25-16)18-12(21)9(17)7-3-5-8(20)6-4-7;1-3-7-15(8-4-1)13-17-11-12-18-14-16-9-5-2-6-10-16/h2*3-6,9-11,14,20H,17H2,1-2H3,(H,18,21)(H,23,24);1-10,17-18H,11-14H2/t2*9?,10-,11+,14-;/m11./s1. The highest BCUT2D eigenvalue weighted by Gasteiger charge is 2.65. The molecule has 0 spiro atoms. The predicted octanol–water partition coefficient (Wildman–Crippen LogP) is 2.61. The van der Waals surface area contributed by atoms with Gasteiger partial charge in [0, 0.05) is 35.7 Å². The largest absolute Gasteiger partial charge is 0.508 e. The molecular formula is C48H58N8O10S2. The zero-order valence-corrected chi connectivity index (χ0v) is 39.6. The van der Waals surface area contributed by atoms with Crippen LogP contribution in [0, 0.1) is 0 Å². The number of carbonyl (C=O) groups is 6. The molecule has 0 aromatic heterocycles. The van der Waals surface area contributed by atoms with Crippen LogP contribution in [-0.2, 0) is 41.9 Å². The Kier molecular flexibility index (Phi) is 16.5. The highest BCUT2D eigenvalue weighted by molar-refractivity contribution is 8.02. The molecule has 0 bridgehead atoms. The summed E-state index contributed by atoms with van der Waals surface area (Å²) in [6, 6.07) is 27.4. The monoisotopic (exact) mass is 970 g/mol. The minimum absolute atomic E-state index is 0.0606. The molecule has 0 aliphatic carbocycles. The van der Waals surface area contributed by atoms with Crippen LogP contribution in [0.1, 0.15) is 62.0 Å². The van der Waals surface area contributed by atoms with Crippen molar-refractivity contribution < 1.29 is 49.2 Å². The molecule has 20 heteroatoms. The maximum atomic E-state index is 12.3. The summed E-state index contributed by atoms with van der Waals surface area (Å²) < 4.78 is -1.30.